The van der Waals surface area contributed by atoms with Crippen LogP contribution < -0.4 is 15.9 Å². The number of aliphatic hydroxyl groups excluding tert-OH is 1. The van der Waals surface area contributed by atoms with Crippen molar-refractivity contribution in [2.45, 2.75) is 18.6 Å². The lowest BCUT2D eigenvalue weighted by atomic mass is 10.1. The van der Waals surface area contributed by atoms with Crippen LogP contribution in [0.3, 0.4) is 0 Å². The second-order valence-corrected chi connectivity index (χ2v) is 9.03. The molecule has 0 amide bonds. The van der Waals surface area contributed by atoms with Crippen molar-refractivity contribution in [2.75, 3.05) is 65.0 Å². The van der Waals surface area contributed by atoms with E-state index in [0.29, 0.717) is 73.4 Å². The van der Waals surface area contributed by atoms with Crippen LogP contribution >= 0.6 is 36.2 Å². The lowest BCUT2D eigenvalue weighted by Crippen LogP contribution is -2.55. The molecule has 1 fully saturated rings. The number of fused-ring (bicyclic) bond motifs is 2. The fourth-order valence-electron chi connectivity index (χ4n) is 4.25. The summed E-state index contributed by atoms with van der Waals surface area (Å²) in [4.78, 5) is 13.0. The standard InChI is InChI=1S/C22H28F3N5O3S.2ClH/c1-32-10-4-16-14-30(7-6-29(16)8-11-33-12-9-31)19-17-15(3-2-5-26-17)13-27-20-18(19)28-21(34-20)22(23,24)25;;/h2-3,5,13,16,27,31H,4,6-12,14H2,1H3;2*1H. The van der Waals surface area contributed by atoms with E-state index in [2.05, 4.69) is 25.1 Å². The first-order chi connectivity index (χ1) is 16.4. The topological polar surface area (TPSA) is 83.0 Å². The molecule has 0 bridgehead atoms. The molecule has 4 rings (SSSR count). The maximum absolute atomic E-state index is 13.5. The Balaban J connectivity index is 0.00000228. The summed E-state index contributed by atoms with van der Waals surface area (Å²) in [5.41, 5.74) is 0.883. The molecular formula is C22H30Cl2F3N5O3S. The quantitative estimate of drug-likeness (QED) is 0.441. The van der Waals surface area contributed by atoms with Gasteiger partial charge in [0.1, 0.15) is 10.7 Å². The Kier molecular flexibility index (Phi) is 11.7. The molecule has 1 atom stereocenters. The molecule has 0 spiro atoms. The SMILES string of the molecule is COCCC1CN(C2=c3ncccc3=CNc3sc(C(F)(F)F)nc32)CCN1CCOCCO.Cl.Cl. The first-order valence-electron chi connectivity index (χ1n) is 11.1. The number of nitrogens with one attached hydrogen (secondary N) is 1. The van der Waals surface area contributed by atoms with Crippen molar-refractivity contribution in [1.82, 2.24) is 19.8 Å². The van der Waals surface area contributed by atoms with E-state index in [4.69, 9.17) is 14.6 Å². The molecule has 202 valence electrons. The van der Waals surface area contributed by atoms with E-state index in [0.717, 1.165) is 11.6 Å². The average molecular weight is 572 g/mol. The van der Waals surface area contributed by atoms with Gasteiger partial charge >= 0.3 is 6.18 Å². The summed E-state index contributed by atoms with van der Waals surface area (Å²) in [7, 11) is 1.65. The summed E-state index contributed by atoms with van der Waals surface area (Å²) >= 11 is 0.604. The molecule has 14 heteroatoms. The number of aromatic nitrogens is 2. The maximum atomic E-state index is 13.5. The van der Waals surface area contributed by atoms with E-state index >= 15 is 0 Å². The summed E-state index contributed by atoms with van der Waals surface area (Å²) in [6.07, 6.45) is -0.433. The lowest BCUT2D eigenvalue weighted by molar-refractivity contribution is -0.137. The van der Waals surface area contributed by atoms with E-state index in [9.17, 15) is 13.2 Å². The third-order valence-corrected chi connectivity index (χ3v) is 6.88. The summed E-state index contributed by atoms with van der Waals surface area (Å²) in [5, 5.41) is 12.8. The van der Waals surface area contributed by atoms with Gasteiger partial charge in [-0.05, 0) is 18.6 Å². The van der Waals surface area contributed by atoms with Gasteiger partial charge in [-0.1, -0.05) is 11.3 Å². The first kappa shape index (κ1) is 30.6. The summed E-state index contributed by atoms with van der Waals surface area (Å²) in [5.74, 6) is 0. The van der Waals surface area contributed by atoms with Gasteiger partial charge in [-0.15, -0.1) is 24.8 Å². The second kappa shape index (κ2) is 13.8. The number of piperazine rings is 1. The fourth-order valence-corrected chi connectivity index (χ4v) is 5.06. The molecule has 1 unspecified atom stereocenters. The summed E-state index contributed by atoms with van der Waals surface area (Å²) in [6.45, 7) is 3.92. The number of halogens is 5. The van der Waals surface area contributed by atoms with Crippen LogP contribution in [0, 0.1) is 0 Å². The van der Waals surface area contributed by atoms with Crippen molar-refractivity contribution < 1.29 is 27.8 Å². The molecule has 1 saturated heterocycles. The molecule has 2 aliphatic rings. The van der Waals surface area contributed by atoms with Crippen LogP contribution in [-0.4, -0.2) is 90.6 Å². The predicted molar refractivity (Wildman–Crippen MR) is 137 cm³/mol. The molecule has 2 aromatic rings. The number of nitrogens with zero attached hydrogens (tertiary/aromatic N) is 4. The molecule has 0 aromatic carbocycles. The van der Waals surface area contributed by atoms with E-state index < -0.39 is 11.2 Å². The van der Waals surface area contributed by atoms with Gasteiger partial charge in [0.15, 0.2) is 0 Å². The molecule has 2 aromatic heterocycles. The van der Waals surface area contributed by atoms with Gasteiger partial charge in [0.25, 0.3) is 0 Å². The highest BCUT2D eigenvalue weighted by Crippen LogP contribution is 2.39. The van der Waals surface area contributed by atoms with Crippen LogP contribution in [0.2, 0.25) is 0 Å². The second-order valence-electron chi connectivity index (χ2n) is 8.03. The zero-order chi connectivity index (χ0) is 24.1. The van der Waals surface area contributed by atoms with Crippen LogP contribution in [-0.2, 0) is 15.7 Å². The number of ether oxygens (including phenoxy) is 2. The predicted octanol–water partition coefficient (Wildman–Crippen LogP) is 1.75. The minimum Gasteiger partial charge on any atom is -0.394 e. The smallest absolute Gasteiger partial charge is 0.394 e. The van der Waals surface area contributed by atoms with Crippen LogP contribution in [0.1, 0.15) is 17.1 Å². The molecule has 0 saturated carbocycles. The Morgan fingerprint density at radius 3 is 2.75 bits per heavy atom. The van der Waals surface area contributed by atoms with Crippen molar-refractivity contribution in [3.05, 3.63) is 39.6 Å². The normalized spacial score (nSPS) is 17.6. The minimum absolute atomic E-state index is 0. The number of methoxy groups -OCH3 is 1. The highest BCUT2D eigenvalue weighted by Gasteiger charge is 2.38. The van der Waals surface area contributed by atoms with E-state index in [1.165, 1.54) is 0 Å². The Bertz CT molecular complexity index is 1110. The van der Waals surface area contributed by atoms with Gasteiger partial charge in [0.05, 0.1) is 30.9 Å². The van der Waals surface area contributed by atoms with Gasteiger partial charge in [-0.2, -0.15) is 13.2 Å². The summed E-state index contributed by atoms with van der Waals surface area (Å²) < 4.78 is 51.2. The first-order valence-corrected chi connectivity index (χ1v) is 11.9. The lowest BCUT2D eigenvalue weighted by Gasteiger charge is -2.43. The number of anilines is 1. The molecule has 8 nitrogen and oxygen atoms in total. The molecule has 4 heterocycles. The van der Waals surface area contributed by atoms with Gasteiger partial charge in [-0.3, -0.25) is 9.88 Å². The number of hydrogen-bond donors (Lipinski definition) is 2. The molecule has 0 radical (unpaired) electrons. The van der Waals surface area contributed by atoms with Crippen LogP contribution in [0.25, 0.3) is 11.9 Å². The van der Waals surface area contributed by atoms with Crippen LogP contribution in [0.4, 0.5) is 18.2 Å². The molecule has 36 heavy (non-hydrogen) atoms. The Morgan fingerprint density at radius 2 is 2.03 bits per heavy atom. The van der Waals surface area contributed by atoms with Gasteiger partial charge < -0.3 is 24.8 Å². The number of rotatable bonds is 9. The Hall–Kier alpha value is -1.67. The third-order valence-electron chi connectivity index (χ3n) is 5.85. The number of alkyl halides is 3. The van der Waals surface area contributed by atoms with Crippen molar-refractivity contribution in [1.29, 1.82) is 0 Å². The van der Waals surface area contributed by atoms with Gasteiger partial charge in [0.2, 0.25) is 5.01 Å². The molecule has 2 aliphatic heterocycles. The van der Waals surface area contributed by atoms with E-state index in [-0.39, 0.29) is 43.2 Å². The highest BCUT2D eigenvalue weighted by atomic mass is 35.5. The maximum Gasteiger partial charge on any atom is 0.443 e. The van der Waals surface area contributed by atoms with Crippen molar-refractivity contribution in [3.63, 3.8) is 0 Å². The molecule has 0 aliphatic carbocycles. The minimum atomic E-state index is -4.52. The zero-order valence-corrected chi connectivity index (χ0v) is 22.1. The fraction of sp³-hybridized carbons (Fsp3) is 0.545. The third kappa shape index (κ3) is 7.00. The molecule has 2 N–H and O–H groups in total. The van der Waals surface area contributed by atoms with Gasteiger partial charge in [0, 0.05) is 63.6 Å². The average Bonchev–Trinajstić information content (AvgIpc) is 3.19. The summed E-state index contributed by atoms with van der Waals surface area (Å²) in [6, 6.07) is 3.79. The van der Waals surface area contributed by atoms with Crippen molar-refractivity contribution in [3.8, 4) is 0 Å². The van der Waals surface area contributed by atoms with Crippen LogP contribution in [0.5, 0.6) is 0 Å². The zero-order valence-electron chi connectivity index (χ0n) is 19.7. The van der Waals surface area contributed by atoms with Crippen molar-refractivity contribution in [2.24, 2.45) is 0 Å². The Labute approximate surface area is 223 Å². The van der Waals surface area contributed by atoms with Crippen LogP contribution in [0.15, 0.2) is 18.3 Å². The van der Waals surface area contributed by atoms with E-state index in [1.807, 2.05) is 6.07 Å². The molecular weight excluding hydrogens is 542 g/mol. The van der Waals surface area contributed by atoms with E-state index in [1.54, 1.807) is 25.6 Å². The monoisotopic (exact) mass is 571 g/mol. The van der Waals surface area contributed by atoms with Gasteiger partial charge in [-0.25, -0.2) is 4.98 Å². The number of aliphatic hydroxyl groups is 1. The number of pyridine rings is 1. The largest absolute Gasteiger partial charge is 0.443 e. The highest BCUT2D eigenvalue weighted by molar-refractivity contribution is 7.16. The number of thiazole rings is 1. The number of hydrogen-bond acceptors (Lipinski definition) is 9. The Morgan fingerprint density at radius 1 is 1.22 bits per heavy atom. The van der Waals surface area contributed by atoms with Crippen molar-refractivity contribution >= 4 is 53.0 Å².